The Bertz CT molecular complexity index is 1070. The topological polar surface area (TPSA) is 49.2 Å². The van der Waals surface area contributed by atoms with E-state index >= 15 is 0 Å². The minimum atomic E-state index is 0.499. The second-order valence-corrected chi connectivity index (χ2v) is 6.29. The number of ether oxygens (including phenoxy) is 2. The second-order valence-electron chi connectivity index (χ2n) is 6.29. The number of hydrogen-bond acceptors (Lipinski definition) is 4. The summed E-state index contributed by atoms with van der Waals surface area (Å²) in [7, 11) is 1.66. The zero-order valence-electron chi connectivity index (χ0n) is 15.7. The lowest BCUT2D eigenvalue weighted by atomic mass is 10.1. The van der Waals surface area contributed by atoms with Gasteiger partial charge in [-0.15, -0.1) is 15.0 Å². The Kier molecular flexibility index (Phi) is 5.45. The van der Waals surface area contributed by atoms with Crippen molar-refractivity contribution in [3.63, 3.8) is 0 Å². The normalized spacial score (nSPS) is 11.7. The van der Waals surface area contributed by atoms with Gasteiger partial charge in [-0.25, -0.2) is 0 Å². The van der Waals surface area contributed by atoms with Crippen molar-refractivity contribution in [2.75, 3.05) is 20.3 Å². The number of rotatable bonds is 7. The van der Waals surface area contributed by atoms with Gasteiger partial charge in [0.1, 0.15) is 23.4 Å². The highest BCUT2D eigenvalue weighted by Crippen LogP contribution is 2.23. The number of benzene rings is 3. The van der Waals surface area contributed by atoms with Gasteiger partial charge in [-0.05, 0) is 23.8 Å². The van der Waals surface area contributed by atoms with Gasteiger partial charge in [-0.2, -0.15) is 0 Å². The second kappa shape index (κ2) is 8.50. The van der Waals surface area contributed by atoms with E-state index in [1.807, 2.05) is 54.6 Å². The smallest absolute Gasteiger partial charge is 0.121 e. The average molecular weight is 371 g/mol. The summed E-state index contributed by atoms with van der Waals surface area (Å²) < 4.78 is 10.7. The predicted molar refractivity (Wildman–Crippen MR) is 111 cm³/mol. The van der Waals surface area contributed by atoms with E-state index in [2.05, 4.69) is 35.4 Å². The Morgan fingerprint density at radius 2 is 1.57 bits per heavy atom. The van der Waals surface area contributed by atoms with Crippen LogP contribution in [0.4, 0.5) is 0 Å². The van der Waals surface area contributed by atoms with E-state index in [4.69, 9.17) is 14.6 Å². The molecule has 0 radical (unpaired) electrons. The number of methoxy groups -OCH3 is 1. The fourth-order valence-electron chi connectivity index (χ4n) is 2.91. The Morgan fingerprint density at radius 1 is 0.857 bits per heavy atom. The maximum absolute atomic E-state index is 5.69. The molecule has 0 unspecified atom stereocenters. The minimum absolute atomic E-state index is 0.499. The van der Waals surface area contributed by atoms with Gasteiger partial charge in [0.25, 0.3) is 0 Å². The van der Waals surface area contributed by atoms with E-state index < -0.39 is 0 Å². The van der Waals surface area contributed by atoms with Crippen LogP contribution in [0.5, 0.6) is 5.75 Å². The van der Waals surface area contributed by atoms with Crippen LogP contribution in [0.25, 0.3) is 22.8 Å². The molecule has 0 atom stereocenters. The molecular formula is C23H21N3O2. The van der Waals surface area contributed by atoms with Crippen molar-refractivity contribution in [3.05, 3.63) is 90.0 Å². The summed E-state index contributed by atoms with van der Waals surface area (Å²) in [6.07, 6.45) is 2.09. The highest BCUT2D eigenvalue weighted by molar-refractivity contribution is 5.83. The van der Waals surface area contributed by atoms with Crippen LogP contribution in [0.2, 0.25) is 0 Å². The quantitative estimate of drug-likeness (QED) is 0.354. The lowest BCUT2D eigenvalue weighted by molar-refractivity contribution is 0.146. The van der Waals surface area contributed by atoms with Crippen LogP contribution < -0.4 is 4.74 Å². The molecule has 0 saturated heterocycles. The molecule has 0 aliphatic heterocycles. The third-order valence-electron chi connectivity index (χ3n) is 4.30. The molecule has 5 nitrogen and oxygen atoms in total. The Balaban J connectivity index is 1.74. The third-order valence-corrected chi connectivity index (χ3v) is 4.30. The van der Waals surface area contributed by atoms with Crippen LogP contribution in [0, 0.1) is 0 Å². The monoisotopic (exact) mass is 371 g/mol. The van der Waals surface area contributed by atoms with Crippen LogP contribution >= 0.6 is 0 Å². The molecule has 0 saturated carbocycles. The number of nitrogens with zero attached hydrogens (tertiary/aromatic N) is 3. The van der Waals surface area contributed by atoms with Crippen LogP contribution in [0.15, 0.2) is 78.9 Å². The van der Waals surface area contributed by atoms with E-state index in [1.165, 1.54) is 0 Å². The number of fused-ring (bicyclic) bond motifs is 1. The molecule has 0 amide bonds. The van der Waals surface area contributed by atoms with Crippen molar-refractivity contribution < 1.29 is 9.47 Å². The third kappa shape index (κ3) is 4.10. The first-order chi connectivity index (χ1) is 13.8. The van der Waals surface area contributed by atoms with Gasteiger partial charge in [0.05, 0.1) is 12.3 Å². The van der Waals surface area contributed by atoms with Gasteiger partial charge in [0.2, 0.25) is 0 Å². The van der Waals surface area contributed by atoms with Crippen molar-refractivity contribution in [2.45, 2.75) is 0 Å². The van der Waals surface area contributed by atoms with Gasteiger partial charge >= 0.3 is 0 Å². The Labute approximate surface area is 163 Å². The van der Waals surface area contributed by atoms with Crippen molar-refractivity contribution in [1.29, 1.82) is 0 Å². The summed E-state index contributed by atoms with van der Waals surface area (Å²) in [5.74, 6) is 0.755. The van der Waals surface area contributed by atoms with E-state index in [0.717, 1.165) is 33.6 Å². The van der Waals surface area contributed by atoms with Crippen molar-refractivity contribution in [1.82, 2.24) is 15.0 Å². The van der Waals surface area contributed by atoms with Crippen LogP contribution in [0.3, 0.4) is 0 Å². The van der Waals surface area contributed by atoms with Crippen LogP contribution in [-0.2, 0) is 4.74 Å². The van der Waals surface area contributed by atoms with Gasteiger partial charge in [0.15, 0.2) is 0 Å². The molecule has 4 rings (SSSR count). The number of hydrogen-bond donors (Lipinski definition) is 0. The largest absolute Gasteiger partial charge is 0.491 e. The Hall–Kier alpha value is -3.44. The first kappa shape index (κ1) is 17.9. The van der Waals surface area contributed by atoms with Gasteiger partial charge in [-0.3, -0.25) is 0 Å². The van der Waals surface area contributed by atoms with E-state index in [-0.39, 0.29) is 0 Å². The summed E-state index contributed by atoms with van der Waals surface area (Å²) in [6.45, 7) is 1.04. The van der Waals surface area contributed by atoms with Gasteiger partial charge in [0, 0.05) is 18.7 Å². The van der Waals surface area contributed by atoms with Crippen molar-refractivity contribution in [3.8, 4) is 5.75 Å². The maximum atomic E-state index is 5.69. The minimum Gasteiger partial charge on any atom is -0.491 e. The molecule has 140 valence electrons. The summed E-state index contributed by atoms with van der Waals surface area (Å²) in [4.78, 5) is 1.69. The van der Waals surface area contributed by atoms with E-state index in [9.17, 15) is 0 Å². The first-order valence-electron chi connectivity index (χ1n) is 9.15. The molecule has 0 aliphatic carbocycles. The Morgan fingerprint density at radius 3 is 2.32 bits per heavy atom. The van der Waals surface area contributed by atoms with Gasteiger partial charge in [-0.1, -0.05) is 60.7 Å². The molecule has 0 aliphatic rings. The zero-order valence-corrected chi connectivity index (χ0v) is 15.7. The summed E-state index contributed by atoms with van der Waals surface area (Å²) in [6, 6.07) is 26.0. The van der Waals surface area contributed by atoms with E-state index in [1.54, 1.807) is 11.9 Å². The molecule has 1 heterocycles. The fourth-order valence-corrected chi connectivity index (χ4v) is 2.91. The molecule has 0 spiro atoms. The SMILES string of the molecule is COCCOc1ccc2nn(C(=Cc3ccccc3)c3ccccc3)nc2c1. The molecular weight excluding hydrogens is 350 g/mol. The molecule has 5 heteroatoms. The van der Waals surface area contributed by atoms with Crippen molar-refractivity contribution >= 4 is 22.8 Å². The maximum Gasteiger partial charge on any atom is 0.121 e. The summed E-state index contributed by atoms with van der Waals surface area (Å²) in [5, 5.41) is 9.38. The molecule has 4 aromatic rings. The number of aromatic nitrogens is 3. The molecule has 0 bridgehead atoms. The van der Waals surface area contributed by atoms with Crippen molar-refractivity contribution in [2.24, 2.45) is 0 Å². The first-order valence-corrected chi connectivity index (χ1v) is 9.15. The summed E-state index contributed by atoms with van der Waals surface area (Å²) >= 11 is 0. The fraction of sp³-hybridized carbons (Fsp3) is 0.130. The standard InChI is InChI=1S/C23H21N3O2/c1-27-14-15-28-20-12-13-21-22(17-20)25-26(24-21)23(19-10-6-3-7-11-19)16-18-8-4-2-5-9-18/h2-13,16-17H,14-15H2,1H3. The molecule has 3 aromatic carbocycles. The molecule has 0 fully saturated rings. The van der Waals surface area contributed by atoms with E-state index in [0.29, 0.717) is 13.2 Å². The zero-order chi connectivity index (χ0) is 19.2. The van der Waals surface area contributed by atoms with Gasteiger partial charge < -0.3 is 9.47 Å². The highest BCUT2D eigenvalue weighted by atomic mass is 16.5. The predicted octanol–water partition coefficient (Wildman–Crippen LogP) is 4.50. The lowest BCUT2D eigenvalue weighted by Gasteiger charge is -2.07. The highest BCUT2D eigenvalue weighted by Gasteiger charge is 2.10. The molecule has 1 aromatic heterocycles. The molecule has 28 heavy (non-hydrogen) atoms. The van der Waals surface area contributed by atoms with Crippen LogP contribution in [0.1, 0.15) is 11.1 Å². The van der Waals surface area contributed by atoms with Crippen LogP contribution in [-0.4, -0.2) is 35.3 Å². The average Bonchev–Trinajstić information content (AvgIpc) is 3.17. The molecule has 0 N–H and O–H groups in total. The lowest BCUT2D eigenvalue weighted by Crippen LogP contribution is -2.04. The summed E-state index contributed by atoms with van der Waals surface area (Å²) in [5.41, 5.74) is 4.64.